The first-order chi connectivity index (χ1) is 15.0. The minimum absolute atomic E-state index is 0.230. The molecule has 0 bridgehead atoms. The van der Waals surface area contributed by atoms with Crippen LogP contribution in [0.3, 0.4) is 0 Å². The molecular weight excluding hydrogens is 436 g/mol. The topological polar surface area (TPSA) is 59.7 Å². The van der Waals surface area contributed by atoms with Crippen LogP contribution in [-0.2, 0) is 24.2 Å². The molecule has 4 heterocycles. The van der Waals surface area contributed by atoms with Gasteiger partial charge < -0.3 is 9.64 Å². The van der Waals surface area contributed by atoms with Crippen LogP contribution in [0.15, 0.2) is 33.9 Å². The first kappa shape index (κ1) is 20.9. The van der Waals surface area contributed by atoms with E-state index in [1.807, 2.05) is 0 Å². The molecule has 0 amide bonds. The largest absolute Gasteiger partial charge is 0.379 e. The Morgan fingerprint density at radius 1 is 1.06 bits per heavy atom. The molecule has 5 rings (SSSR count). The average molecular weight is 461 g/mol. The molecule has 0 spiro atoms. The van der Waals surface area contributed by atoms with E-state index in [1.54, 1.807) is 40.2 Å². The van der Waals surface area contributed by atoms with E-state index in [9.17, 15) is 9.59 Å². The number of morpholine rings is 1. The van der Waals surface area contributed by atoms with Crippen LogP contribution in [0.4, 0.5) is 0 Å². The summed E-state index contributed by atoms with van der Waals surface area (Å²) < 4.78 is 8.55. The van der Waals surface area contributed by atoms with E-state index in [-0.39, 0.29) is 11.2 Å². The predicted molar refractivity (Wildman–Crippen MR) is 124 cm³/mol. The van der Waals surface area contributed by atoms with E-state index in [1.165, 1.54) is 9.44 Å². The van der Waals surface area contributed by atoms with Crippen molar-refractivity contribution in [1.82, 2.24) is 18.9 Å². The number of benzene rings is 1. The molecule has 1 saturated heterocycles. The van der Waals surface area contributed by atoms with E-state index in [2.05, 4.69) is 16.8 Å². The summed E-state index contributed by atoms with van der Waals surface area (Å²) in [6.45, 7) is 6.17. The number of aromatic nitrogens is 2. The molecule has 0 unspecified atom stereocenters. The summed E-state index contributed by atoms with van der Waals surface area (Å²) in [5.74, 6) is 0. The third-order valence-electron chi connectivity index (χ3n) is 6.14. The Bertz CT molecular complexity index is 1220. The zero-order valence-corrected chi connectivity index (χ0v) is 19.0. The summed E-state index contributed by atoms with van der Waals surface area (Å²) in [7, 11) is 2.09. The molecule has 164 valence electrons. The molecule has 0 radical (unpaired) electrons. The summed E-state index contributed by atoms with van der Waals surface area (Å²) in [5, 5.41) is 1.27. The van der Waals surface area contributed by atoms with Crippen LogP contribution in [0, 0.1) is 0 Å². The molecule has 2 aliphatic rings. The smallest absolute Gasteiger partial charge is 0.336 e. The van der Waals surface area contributed by atoms with Gasteiger partial charge in [0.2, 0.25) is 0 Å². The number of halogens is 1. The number of fused-ring (bicyclic) bond motifs is 3. The van der Waals surface area contributed by atoms with Crippen LogP contribution in [0.5, 0.6) is 0 Å². The van der Waals surface area contributed by atoms with Crippen molar-refractivity contribution in [3.05, 3.63) is 60.6 Å². The van der Waals surface area contributed by atoms with Gasteiger partial charge in [0, 0.05) is 49.2 Å². The molecule has 1 aromatic carbocycles. The Labute approximate surface area is 189 Å². The van der Waals surface area contributed by atoms with Crippen LogP contribution < -0.4 is 11.2 Å². The quantitative estimate of drug-likeness (QED) is 0.597. The Hall–Kier alpha value is -1.97. The van der Waals surface area contributed by atoms with Gasteiger partial charge >= 0.3 is 5.69 Å². The molecule has 0 saturated carbocycles. The van der Waals surface area contributed by atoms with Gasteiger partial charge in [-0.3, -0.25) is 14.3 Å². The van der Waals surface area contributed by atoms with Crippen molar-refractivity contribution < 1.29 is 4.74 Å². The number of hydrogen-bond acceptors (Lipinski definition) is 6. The lowest BCUT2D eigenvalue weighted by Crippen LogP contribution is -2.42. The van der Waals surface area contributed by atoms with E-state index in [0.29, 0.717) is 35.9 Å². The second-order valence-corrected chi connectivity index (χ2v) is 9.70. The summed E-state index contributed by atoms with van der Waals surface area (Å²) in [5.41, 5.74) is 1.13. The van der Waals surface area contributed by atoms with Crippen molar-refractivity contribution in [2.24, 2.45) is 0 Å². The minimum atomic E-state index is -0.292. The van der Waals surface area contributed by atoms with Crippen LogP contribution in [0.1, 0.15) is 10.4 Å². The second-order valence-electron chi connectivity index (χ2n) is 8.18. The van der Waals surface area contributed by atoms with Crippen molar-refractivity contribution in [2.45, 2.75) is 19.5 Å². The Kier molecular flexibility index (Phi) is 5.75. The molecule has 2 aromatic heterocycles. The number of nitrogens with zero attached hydrogens (tertiary/aromatic N) is 4. The van der Waals surface area contributed by atoms with Gasteiger partial charge in [-0.15, -0.1) is 11.3 Å². The van der Waals surface area contributed by atoms with Crippen LogP contribution in [-0.4, -0.2) is 65.4 Å². The zero-order valence-electron chi connectivity index (χ0n) is 17.5. The van der Waals surface area contributed by atoms with E-state index < -0.39 is 0 Å². The van der Waals surface area contributed by atoms with Crippen LogP contribution in [0.2, 0.25) is 5.02 Å². The Morgan fingerprint density at radius 3 is 2.55 bits per heavy atom. The lowest BCUT2D eigenvalue weighted by molar-refractivity contribution is 0.0364. The summed E-state index contributed by atoms with van der Waals surface area (Å²) >= 11 is 7.64. The Balaban J connectivity index is 1.68. The van der Waals surface area contributed by atoms with Gasteiger partial charge in [-0.05, 0) is 43.3 Å². The van der Waals surface area contributed by atoms with Gasteiger partial charge in [0.1, 0.15) is 4.83 Å². The third kappa shape index (κ3) is 3.87. The fraction of sp³-hybridized carbons (Fsp3) is 0.455. The molecule has 2 aliphatic heterocycles. The first-order valence-corrected chi connectivity index (χ1v) is 11.8. The monoisotopic (exact) mass is 460 g/mol. The van der Waals surface area contributed by atoms with Crippen molar-refractivity contribution in [1.29, 1.82) is 0 Å². The van der Waals surface area contributed by atoms with E-state index >= 15 is 0 Å². The zero-order chi connectivity index (χ0) is 21.5. The molecule has 0 aliphatic carbocycles. The lowest BCUT2D eigenvalue weighted by Gasteiger charge is -2.26. The third-order valence-corrected chi connectivity index (χ3v) is 7.63. The highest BCUT2D eigenvalue weighted by molar-refractivity contribution is 7.18. The van der Waals surface area contributed by atoms with Crippen LogP contribution in [0.25, 0.3) is 15.9 Å². The average Bonchev–Trinajstić information content (AvgIpc) is 3.14. The van der Waals surface area contributed by atoms with Gasteiger partial charge in [0.05, 0.1) is 24.3 Å². The molecule has 9 heteroatoms. The highest BCUT2D eigenvalue weighted by Crippen LogP contribution is 2.32. The van der Waals surface area contributed by atoms with E-state index in [0.717, 1.165) is 49.5 Å². The van der Waals surface area contributed by atoms with Gasteiger partial charge in [0.15, 0.2) is 0 Å². The maximum atomic E-state index is 13.6. The summed E-state index contributed by atoms with van der Waals surface area (Å²) in [6.07, 6.45) is 0.823. The Morgan fingerprint density at radius 2 is 1.81 bits per heavy atom. The fourth-order valence-corrected chi connectivity index (χ4v) is 5.98. The minimum Gasteiger partial charge on any atom is -0.379 e. The van der Waals surface area contributed by atoms with Crippen molar-refractivity contribution in [3.63, 3.8) is 0 Å². The maximum Gasteiger partial charge on any atom is 0.336 e. The number of hydrogen-bond donors (Lipinski definition) is 0. The standard InChI is InChI=1S/C22H25ClN4O3S/c1-24-7-6-17-18(14-24)31-21-19(17)20(28)27(16-4-2-15(23)3-5-16)22(29)26(21)9-8-25-10-12-30-13-11-25/h2-5H,6-14H2,1H3. The SMILES string of the molecule is CN1CCc2c(sc3c2c(=O)n(-c2ccc(Cl)cc2)c(=O)n3CCN2CCOCC2)C1. The van der Waals surface area contributed by atoms with Crippen molar-refractivity contribution in [3.8, 4) is 5.69 Å². The number of rotatable bonds is 4. The molecule has 1 fully saturated rings. The van der Waals surface area contributed by atoms with Gasteiger partial charge in [-0.25, -0.2) is 9.36 Å². The molecular formula is C22H25ClN4O3S. The highest BCUT2D eigenvalue weighted by Gasteiger charge is 2.26. The van der Waals surface area contributed by atoms with Gasteiger partial charge in [-0.1, -0.05) is 11.6 Å². The molecule has 0 N–H and O–H groups in total. The lowest BCUT2D eigenvalue weighted by atomic mass is 10.1. The van der Waals surface area contributed by atoms with E-state index in [4.69, 9.17) is 16.3 Å². The molecule has 31 heavy (non-hydrogen) atoms. The normalized spacial score (nSPS) is 17.9. The first-order valence-electron chi connectivity index (χ1n) is 10.6. The number of ether oxygens (including phenoxy) is 1. The van der Waals surface area contributed by atoms with Crippen LogP contribution >= 0.6 is 22.9 Å². The maximum absolute atomic E-state index is 13.6. The van der Waals surface area contributed by atoms with Gasteiger partial charge in [0.25, 0.3) is 5.56 Å². The second kappa shape index (κ2) is 8.52. The fourth-order valence-electron chi connectivity index (χ4n) is 4.41. The molecule has 7 nitrogen and oxygen atoms in total. The predicted octanol–water partition coefficient (Wildman–Crippen LogP) is 2.19. The van der Waals surface area contributed by atoms with Gasteiger partial charge in [-0.2, -0.15) is 0 Å². The molecule has 0 atom stereocenters. The summed E-state index contributed by atoms with van der Waals surface area (Å²) in [6, 6.07) is 6.89. The summed E-state index contributed by atoms with van der Waals surface area (Å²) in [4.78, 5) is 33.7. The number of thiophene rings is 1. The van der Waals surface area contributed by atoms with Crippen molar-refractivity contribution >= 4 is 33.2 Å². The number of likely N-dealkylation sites (N-methyl/N-ethyl adjacent to an activating group) is 1. The highest BCUT2D eigenvalue weighted by atomic mass is 35.5. The van der Waals surface area contributed by atoms with Crippen molar-refractivity contribution in [2.75, 3.05) is 46.4 Å². The molecule has 3 aromatic rings.